The van der Waals surface area contributed by atoms with Crippen LogP contribution in [0.1, 0.15) is 45.4 Å². The molecule has 4 aliphatic rings. The first-order valence-electron chi connectivity index (χ1n) is 14.7. The Hall–Kier alpha value is -3.57. The van der Waals surface area contributed by atoms with E-state index in [1.165, 1.54) is 0 Å². The Balaban J connectivity index is 1.41. The number of amides is 2. The molecule has 1 N–H and O–H groups in total. The summed E-state index contributed by atoms with van der Waals surface area (Å²) in [5.41, 5.74) is -0.864. The van der Waals surface area contributed by atoms with Gasteiger partial charge >= 0.3 is 5.97 Å². The SMILES string of the molecule is CC[C@@]12/C=C\CCCOC(=O)[C@@H]1[C@H]1C(=O)N(CCCCCO)C3C(=O)N(Cn4nnc5ccccc54)CC=C[C@@]31O2. The summed E-state index contributed by atoms with van der Waals surface area (Å²) in [6.07, 6.45) is 11.5. The van der Waals surface area contributed by atoms with E-state index in [1.807, 2.05) is 55.5 Å². The van der Waals surface area contributed by atoms with E-state index in [-0.39, 0.29) is 38.2 Å². The molecule has 218 valence electrons. The van der Waals surface area contributed by atoms with Crippen molar-refractivity contribution in [2.24, 2.45) is 11.8 Å². The number of esters is 1. The summed E-state index contributed by atoms with van der Waals surface area (Å²) in [4.78, 5) is 45.8. The van der Waals surface area contributed by atoms with Gasteiger partial charge in [-0.2, -0.15) is 0 Å². The van der Waals surface area contributed by atoms with Crippen LogP contribution in [-0.4, -0.2) is 91.2 Å². The van der Waals surface area contributed by atoms with Gasteiger partial charge in [0, 0.05) is 19.7 Å². The van der Waals surface area contributed by atoms with Gasteiger partial charge in [0.05, 0.1) is 18.0 Å². The molecule has 41 heavy (non-hydrogen) atoms. The van der Waals surface area contributed by atoms with Gasteiger partial charge in [-0.15, -0.1) is 5.10 Å². The van der Waals surface area contributed by atoms with E-state index in [2.05, 4.69) is 10.3 Å². The molecule has 1 unspecified atom stereocenters. The molecule has 1 aromatic heterocycles. The lowest BCUT2D eigenvalue weighted by Gasteiger charge is -2.38. The van der Waals surface area contributed by atoms with Crippen LogP contribution in [-0.2, 0) is 30.5 Å². The average molecular weight is 564 g/mol. The van der Waals surface area contributed by atoms with Crippen molar-refractivity contribution in [2.75, 3.05) is 26.3 Å². The Labute approximate surface area is 238 Å². The maximum atomic E-state index is 14.5. The highest BCUT2D eigenvalue weighted by Gasteiger charge is 2.75. The molecule has 0 aliphatic carbocycles. The van der Waals surface area contributed by atoms with Crippen LogP contribution in [0.4, 0.5) is 0 Å². The first kappa shape index (κ1) is 27.6. The number of hydrogen-bond acceptors (Lipinski definition) is 8. The quantitative estimate of drug-likeness (QED) is 0.294. The van der Waals surface area contributed by atoms with Crippen molar-refractivity contribution in [3.05, 3.63) is 48.6 Å². The minimum atomic E-state index is -1.33. The number of unbranched alkanes of at least 4 members (excludes halogenated alkanes) is 2. The molecular weight excluding hydrogens is 526 g/mol. The van der Waals surface area contributed by atoms with Crippen molar-refractivity contribution in [3.8, 4) is 0 Å². The number of para-hydroxylation sites is 1. The van der Waals surface area contributed by atoms with Gasteiger partial charge < -0.3 is 24.4 Å². The van der Waals surface area contributed by atoms with Gasteiger partial charge in [-0.1, -0.05) is 48.6 Å². The van der Waals surface area contributed by atoms with Gasteiger partial charge in [0.1, 0.15) is 35.3 Å². The molecular formula is C30H37N5O6. The second-order valence-electron chi connectivity index (χ2n) is 11.3. The van der Waals surface area contributed by atoms with E-state index in [0.29, 0.717) is 38.6 Å². The standard InChI is InChI=1S/C30H37N5O6/c1-2-29-14-7-3-10-19-40-28(39)24(29)23-26(37)34(17-8-4-9-18-36)25-27(38)33(16-11-15-30(23,25)41-29)20-35-22-13-6-5-12-21(22)31-32-35/h5-7,11-15,23-25,36H,2-4,8-10,16-20H2,1H3/b14-7-/t23-,24-,25?,29+,30-/m0/s1. The number of allylic oxidation sites excluding steroid dienone is 1. The van der Waals surface area contributed by atoms with E-state index in [1.54, 1.807) is 14.5 Å². The van der Waals surface area contributed by atoms with Crippen LogP contribution in [0.2, 0.25) is 0 Å². The topological polar surface area (TPSA) is 127 Å². The number of aromatic nitrogens is 3. The second kappa shape index (κ2) is 11.0. The molecule has 1 aromatic carbocycles. The molecule has 6 rings (SSSR count). The maximum Gasteiger partial charge on any atom is 0.313 e. The molecule has 11 heteroatoms. The number of rotatable bonds is 8. The van der Waals surface area contributed by atoms with Crippen molar-refractivity contribution in [1.82, 2.24) is 24.8 Å². The molecule has 5 atom stereocenters. The number of ether oxygens (including phenoxy) is 2. The number of cyclic esters (lactones) is 1. The number of benzene rings is 1. The van der Waals surface area contributed by atoms with Crippen molar-refractivity contribution in [1.29, 1.82) is 0 Å². The number of aliphatic hydroxyl groups is 1. The molecule has 2 aromatic rings. The lowest BCUT2D eigenvalue weighted by molar-refractivity contribution is -0.161. The van der Waals surface area contributed by atoms with E-state index in [9.17, 15) is 19.5 Å². The lowest BCUT2D eigenvalue weighted by Crippen LogP contribution is -2.56. The predicted molar refractivity (Wildman–Crippen MR) is 148 cm³/mol. The predicted octanol–water partition coefficient (Wildman–Crippen LogP) is 2.20. The zero-order chi connectivity index (χ0) is 28.6. The number of aliphatic hydroxyl groups excluding tert-OH is 1. The summed E-state index contributed by atoms with van der Waals surface area (Å²) in [5, 5.41) is 17.8. The molecule has 4 aliphatic heterocycles. The molecule has 0 bridgehead atoms. The number of carbonyl (C=O) groups excluding carboxylic acids is 3. The fourth-order valence-corrected chi connectivity index (χ4v) is 7.04. The Morgan fingerprint density at radius 3 is 2.73 bits per heavy atom. The molecule has 0 radical (unpaired) electrons. The Kier molecular flexibility index (Phi) is 7.41. The fourth-order valence-electron chi connectivity index (χ4n) is 7.04. The summed E-state index contributed by atoms with van der Waals surface area (Å²) in [6.45, 7) is 3.04. The van der Waals surface area contributed by atoms with E-state index < -0.39 is 35.0 Å². The Morgan fingerprint density at radius 1 is 1.05 bits per heavy atom. The number of nitrogens with zero attached hydrogens (tertiary/aromatic N) is 5. The second-order valence-corrected chi connectivity index (χ2v) is 11.3. The smallest absolute Gasteiger partial charge is 0.313 e. The van der Waals surface area contributed by atoms with E-state index in [0.717, 1.165) is 17.5 Å². The number of hydrogen-bond donors (Lipinski definition) is 1. The highest BCUT2D eigenvalue weighted by atomic mass is 16.6. The summed E-state index contributed by atoms with van der Waals surface area (Å²) in [5.74, 6) is -2.75. The summed E-state index contributed by atoms with van der Waals surface area (Å²) < 4.78 is 14.3. The minimum absolute atomic E-state index is 0.0631. The zero-order valence-corrected chi connectivity index (χ0v) is 23.4. The maximum absolute atomic E-state index is 14.5. The number of carbonyl (C=O) groups is 3. The number of likely N-dealkylation sites (tertiary alicyclic amines) is 1. The zero-order valence-electron chi connectivity index (χ0n) is 23.4. The highest BCUT2D eigenvalue weighted by Crippen LogP contribution is 2.58. The summed E-state index contributed by atoms with van der Waals surface area (Å²) >= 11 is 0. The molecule has 2 amide bonds. The van der Waals surface area contributed by atoms with Crippen molar-refractivity contribution >= 4 is 28.8 Å². The first-order valence-corrected chi connectivity index (χ1v) is 14.7. The van der Waals surface area contributed by atoms with Crippen LogP contribution in [0.15, 0.2) is 48.6 Å². The van der Waals surface area contributed by atoms with Gasteiger partial charge in [-0.05, 0) is 50.7 Å². The van der Waals surface area contributed by atoms with Crippen LogP contribution in [0.25, 0.3) is 11.0 Å². The van der Waals surface area contributed by atoms with Crippen molar-refractivity contribution < 1.29 is 29.0 Å². The van der Waals surface area contributed by atoms with E-state index in [4.69, 9.17) is 9.47 Å². The van der Waals surface area contributed by atoms with Gasteiger partial charge in [-0.25, -0.2) is 4.68 Å². The molecule has 2 fully saturated rings. The molecule has 2 saturated heterocycles. The van der Waals surface area contributed by atoms with Crippen LogP contribution in [0.5, 0.6) is 0 Å². The van der Waals surface area contributed by atoms with Crippen molar-refractivity contribution in [3.63, 3.8) is 0 Å². The summed E-state index contributed by atoms with van der Waals surface area (Å²) in [6, 6.07) is 6.59. The average Bonchev–Trinajstić information content (AvgIpc) is 3.56. The van der Waals surface area contributed by atoms with Crippen LogP contribution < -0.4 is 0 Å². The van der Waals surface area contributed by atoms with Gasteiger partial charge in [0.15, 0.2) is 0 Å². The summed E-state index contributed by atoms with van der Waals surface area (Å²) in [7, 11) is 0. The molecule has 11 nitrogen and oxygen atoms in total. The molecule has 5 heterocycles. The van der Waals surface area contributed by atoms with Crippen LogP contribution in [0.3, 0.4) is 0 Å². The third-order valence-corrected chi connectivity index (χ3v) is 9.00. The normalized spacial score (nSPS) is 32.1. The van der Waals surface area contributed by atoms with Crippen LogP contribution >= 0.6 is 0 Å². The first-order chi connectivity index (χ1) is 20.0. The van der Waals surface area contributed by atoms with Crippen LogP contribution in [0, 0.1) is 11.8 Å². The van der Waals surface area contributed by atoms with Gasteiger partial charge in [0.25, 0.3) is 5.91 Å². The third-order valence-electron chi connectivity index (χ3n) is 9.00. The van der Waals surface area contributed by atoms with Crippen molar-refractivity contribution in [2.45, 2.75) is 69.4 Å². The third kappa shape index (κ3) is 4.46. The Bertz CT molecular complexity index is 1390. The fraction of sp³-hybridized carbons (Fsp3) is 0.567. The van der Waals surface area contributed by atoms with Gasteiger partial charge in [0.2, 0.25) is 5.91 Å². The van der Waals surface area contributed by atoms with E-state index >= 15 is 0 Å². The highest BCUT2D eigenvalue weighted by molar-refractivity contribution is 5.99. The lowest BCUT2D eigenvalue weighted by atomic mass is 9.73. The number of fused-ring (bicyclic) bond motifs is 3. The van der Waals surface area contributed by atoms with Gasteiger partial charge in [-0.3, -0.25) is 14.4 Å². The monoisotopic (exact) mass is 563 g/mol. The molecule has 1 spiro atoms. The largest absolute Gasteiger partial charge is 0.465 e. The molecule has 0 saturated carbocycles. The Morgan fingerprint density at radius 2 is 1.90 bits per heavy atom. The minimum Gasteiger partial charge on any atom is -0.465 e.